The summed E-state index contributed by atoms with van der Waals surface area (Å²) in [6.45, 7) is 1.43. The summed E-state index contributed by atoms with van der Waals surface area (Å²) in [5.74, 6) is -0.942. The average Bonchev–Trinajstić information content (AvgIpc) is 2.55. The Kier molecular flexibility index (Phi) is 6.52. The van der Waals surface area contributed by atoms with Crippen LogP contribution in [0.5, 0.6) is 0 Å². The molecule has 0 fully saturated rings. The summed E-state index contributed by atoms with van der Waals surface area (Å²) >= 11 is 5.88. The minimum atomic E-state index is -3.87. The molecule has 134 valence electrons. The van der Waals surface area contributed by atoms with E-state index < -0.39 is 28.3 Å². The number of hydrogen-bond acceptors (Lipinski definition) is 3. The molecular formula is C17H18ClFN2O3S. The molecule has 25 heavy (non-hydrogen) atoms. The van der Waals surface area contributed by atoms with Crippen LogP contribution in [0.1, 0.15) is 11.1 Å². The van der Waals surface area contributed by atoms with Gasteiger partial charge < -0.3 is 5.32 Å². The highest BCUT2D eigenvalue weighted by molar-refractivity contribution is 7.89. The van der Waals surface area contributed by atoms with Crippen LogP contribution in [0.15, 0.2) is 47.4 Å². The molecule has 0 saturated carbocycles. The normalized spacial score (nSPS) is 11.3. The van der Waals surface area contributed by atoms with Crippen molar-refractivity contribution < 1.29 is 17.6 Å². The minimum absolute atomic E-state index is 0.0851. The molecule has 0 unspecified atom stereocenters. The van der Waals surface area contributed by atoms with Gasteiger partial charge in [0.15, 0.2) is 0 Å². The first-order valence-electron chi connectivity index (χ1n) is 7.55. The van der Waals surface area contributed by atoms with Crippen molar-refractivity contribution in [3.8, 4) is 0 Å². The topological polar surface area (TPSA) is 75.3 Å². The summed E-state index contributed by atoms with van der Waals surface area (Å²) in [5.41, 5.74) is 1.18. The van der Waals surface area contributed by atoms with Crippen molar-refractivity contribution in [1.82, 2.24) is 10.0 Å². The van der Waals surface area contributed by atoms with E-state index in [0.29, 0.717) is 18.0 Å². The number of benzene rings is 2. The third-order valence-corrected chi connectivity index (χ3v) is 5.12. The molecule has 0 aliphatic heterocycles. The first kappa shape index (κ1) is 19.4. The summed E-state index contributed by atoms with van der Waals surface area (Å²) in [6.07, 6.45) is 0.580. The van der Waals surface area contributed by atoms with Crippen molar-refractivity contribution >= 4 is 27.5 Å². The summed E-state index contributed by atoms with van der Waals surface area (Å²) in [7, 11) is -3.87. The fourth-order valence-electron chi connectivity index (χ4n) is 2.13. The first-order valence-corrected chi connectivity index (χ1v) is 9.41. The summed E-state index contributed by atoms with van der Waals surface area (Å²) in [4.78, 5) is 11.7. The zero-order chi connectivity index (χ0) is 18.4. The SMILES string of the molecule is Cc1cc(S(=O)(=O)NCC(=O)NCCc2cccc(Cl)c2)ccc1F. The Balaban J connectivity index is 1.83. The predicted molar refractivity (Wildman–Crippen MR) is 94.5 cm³/mol. The van der Waals surface area contributed by atoms with Crippen LogP contribution in [0.2, 0.25) is 5.02 Å². The Morgan fingerprint density at radius 3 is 2.64 bits per heavy atom. The molecule has 0 aliphatic rings. The van der Waals surface area contributed by atoms with E-state index in [1.54, 1.807) is 12.1 Å². The largest absolute Gasteiger partial charge is 0.355 e. The molecule has 0 aromatic heterocycles. The lowest BCUT2D eigenvalue weighted by atomic mass is 10.1. The smallest absolute Gasteiger partial charge is 0.241 e. The maximum absolute atomic E-state index is 13.2. The molecule has 0 spiro atoms. The van der Waals surface area contributed by atoms with Gasteiger partial charge >= 0.3 is 0 Å². The molecule has 5 nitrogen and oxygen atoms in total. The van der Waals surface area contributed by atoms with E-state index in [4.69, 9.17) is 11.6 Å². The molecule has 0 bridgehead atoms. The second kappa shape index (κ2) is 8.42. The minimum Gasteiger partial charge on any atom is -0.355 e. The lowest BCUT2D eigenvalue weighted by Gasteiger charge is -2.09. The highest BCUT2D eigenvalue weighted by Gasteiger charge is 2.16. The Morgan fingerprint density at radius 2 is 1.96 bits per heavy atom. The van der Waals surface area contributed by atoms with E-state index in [0.717, 1.165) is 17.7 Å². The van der Waals surface area contributed by atoms with Gasteiger partial charge in [0.2, 0.25) is 15.9 Å². The van der Waals surface area contributed by atoms with Crippen molar-refractivity contribution in [3.05, 3.63) is 64.4 Å². The van der Waals surface area contributed by atoms with Crippen LogP contribution in [-0.4, -0.2) is 27.4 Å². The van der Waals surface area contributed by atoms with E-state index in [9.17, 15) is 17.6 Å². The Labute approximate surface area is 151 Å². The summed E-state index contributed by atoms with van der Waals surface area (Å²) < 4.78 is 39.6. The fourth-order valence-corrected chi connectivity index (χ4v) is 3.41. The second-order valence-corrected chi connectivity index (χ2v) is 7.67. The molecule has 8 heteroatoms. The van der Waals surface area contributed by atoms with Crippen LogP contribution in [0.25, 0.3) is 0 Å². The molecule has 2 N–H and O–H groups in total. The Hall–Kier alpha value is -1.96. The number of nitrogens with one attached hydrogen (secondary N) is 2. The number of hydrogen-bond donors (Lipinski definition) is 2. The van der Waals surface area contributed by atoms with Gasteiger partial charge in [0.05, 0.1) is 11.4 Å². The van der Waals surface area contributed by atoms with Crippen LogP contribution in [0.3, 0.4) is 0 Å². The highest BCUT2D eigenvalue weighted by Crippen LogP contribution is 2.14. The fraction of sp³-hybridized carbons (Fsp3) is 0.235. The van der Waals surface area contributed by atoms with Gasteiger partial charge in [-0.3, -0.25) is 4.79 Å². The number of sulfonamides is 1. The average molecular weight is 385 g/mol. The number of aryl methyl sites for hydroxylation is 1. The molecular weight excluding hydrogens is 367 g/mol. The first-order chi connectivity index (χ1) is 11.8. The molecule has 1 amide bonds. The number of carbonyl (C=O) groups is 1. The van der Waals surface area contributed by atoms with Gasteiger partial charge in [-0.15, -0.1) is 0 Å². The quantitative estimate of drug-likeness (QED) is 0.769. The van der Waals surface area contributed by atoms with Gasteiger partial charge in [0, 0.05) is 11.6 Å². The van der Waals surface area contributed by atoms with Crippen molar-refractivity contribution in [1.29, 1.82) is 0 Å². The van der Waals surface area contributed by atoms with E-state index in [1.165, 1.54) is 13.0 Å². The van der Waals surface area contributed by atoms with Crippen molar-refractivity contribution in [3.63, 3.8) is 0 Å². The molecule has 0 saturated heterocycles. The predicted octanol–water partition coefficient (Wildman–Crippen LogP) is 2.42. The van der Waals surface area contributed by atoms with Crippen LogP contribution in [0, 0.1) is 12.7 Å². The highest BCUT2D eigenvalue weighted by atomic mass is 35.5. The van der Waals surface area contributed by atoms with Gasteiger partial charge in [0.25, 0.3) is 0 Å². The Bertz CT molecular complexity index is 872. The second-order valence-electron chi connectivity index (χ2n) is 5.47. The maximum atomic E-state index is 13.2. The van der Waals surface area contributed by atoms with Crippen molar-refractivity contribution in [2.75, 3.05) is 13.1 Å². The molecule has 2 rings (SSSR count). The number of halogens is 2. The standard InChI is InChI=1S/C17H18ClFN2O3S/c1-12-9-15(5-6-16(12)19)25(23,24)21-11-17(22)20-8-7-13-3-2-4-14(18)10-13/h2-6,9-10,21H,7-8,11H2,1H3,(H,20,22). The van der Waals surface area contributed by atoms with Crippen LogP contribution >= 0.6 is 11.6 Å². The zero-order valence-corrected chi connectivity index (χ0v) is 15.1. The molecule has 0 heterocycles. The van der Waals surface area contributed by atoms with E-state index >= 15 is 0 Å². The number of rotatable bonds is 7. The van der Waals surface area contributed by atoms with Crippen LogP contribution in [0.4, 0.5) is 4.39 Å². The van der Waals surface area contributed by atoms with E-state index in [2.05, 4.69) is 10.0 Å². The lowest BCUT2D eigenvalue weighted by Crippen LogP contribution is -2.37. The van der Waals surface area contributed by atoms with E-state index in [-0.39, 0.29) is 10.5 Å². The van der Waals surface area contributed by atoms with Gasteiger partial charge in [-0.1, -0.05) is 23.7 Å². The van der Waals surface area contributed by atoms with Gasteiger partial charge in [-0.2, -0.15) is 0 Å². The van der Waals surface area contributed by atoms with Crippen molar-refractivity contribution in [2.24, 2.45) is 0 Å². The monoisotopic (exact) mass is 384 g/mol. The van der Waals surface area contributed by atoms with Gasteiger partial charge in [0.1, 0.15) is 5.82 Å². The zero-order valence-electron chi connectivity index (χ0n) is 13.6. The molecule has 2 aromatic rings. The third kappa shape index (κ3) is 5.81. The summed E-state index contributed by atoms with van der Waals surface area (Å²) in [6, 6.07) is 10.7. The molecule has 0 aliphatic carbocycles. The molecule has 2 aromatic carbocycles. The van der Waals surface area contributed by atoms with Crippen molar-refractivity contribution in [2.45, 2.75) is 18.2 Å². The molecule has 0 atom stereocenters. The maximum Gasteiger partial charge on any atom is 0.241 e. The van der Waals surface area contributed by atoms with E-state index in [1.807, 2.05) is 12.1 Å². The van der Waals surface area contributed by atoms with Crippen LogP contribution < -0.4 is 10.0 Å². The number of amides is 1. The number of carbonyl (C=O) groups excluding carboxylic acids is 1. The third-order valence-electron chi connectivity index (χ3n) is 3.49. The van der Waals surface area contributed by atoms with Crippen LogP contribution in [-0.2, 0) is 21.2 Å². The Morgan fingerprint density at radius 1 is 1.20 bits per heavy atom. The van der Waals surface area contributed by atoms with Gasteiger partial charge in [-0.05, 0) is 54.8 Å². The molecule has 0 radical (unpaired) electrons. The van der Waals surface area contributed by atoms with Gasteiger partial charge in [-0.25, -0.2) is 17.5 Å². The lowest BCUT2D eigenvalue weighted by molar-refractivity contribution is -0.119. The summed E-state index contributed by atoms with van der Waals surface area (Å²) in [5, 5.41) is 3.24.